The predicted octanol–water partition coefficient (Wildman–Crippen LogP) is 4.17. The molecule has 2 N–H and O–H groups in total. The second-order valence-corrected chi connectivity index (χ2v) is 5.71. The van der Waals surface area contributed by atoms with Gasteiger partial charge in [-0.1, -0.05) is 53.5 Å². The van der Waals surface area contributed by atoms with Crippen LogP contribution < -0.4 is 10.6 Å². The van der Waals surface area contributed by atoms with Crippen LogP contribution in [0, 0.1) is 11.3 Å². The van der Waals surface area contributed by atoms with Crippen LogP contribution in [0.25, 0.3) is 0 Å². The summed E-state index contributed by atoms with van der Waals surface area (Å²) in [5, 5.41) is 15.8. The van der Waals surface area contributed by atoms with Crippen molar-refractivity contribution in [2.24, 2.45) is 0 Å². The lowest BCUT2D eigenvalue weighted by Gasteiger charge is -2.07. The molecule has 0 saturated carbocycles. The maximum absolute atomic E-state index is 12.1. The summed E-state index contributed by atoms with van der Waals surface area (Å²) in [6.45, 7) is 0.550. The van der Waals surface area contributed by atoms with Crippen LogP contribution in [-0.4, -0.2) is 12.5 Å². The van der Waals surface area contributed by atoms with Crippen molar-refractivity contribution in [3.63, 3.8) is 0 Å². The monoisotopic (exact) mass is 359 g/mol. The lowest BCUT2D eigenvalue weighted by Crippen LogP contribution is -2.18. The topological polar surface area (TPSA) is 64.9 Å². The average Bonchev–Trinajstić information content (AvgIpc) is 2.58. The quantitative estimate of drug-likeness (QED) is 0.462. The zero-order valence-electron chi connectivity index (χ0n) is 12.7. The van der Waals surface area contributed by atoms with E-state index in [1.807, 2.05) is 30.3 Å². The summed E-state index contributed by atoms with van der Waals surface area (Å²) in [5.41, 5.74) is 1.43. The van der Waals surface area contributed by atoms with E-state index in [0.717, 1.165) is 5.56 Å². The van der Waals surface area contributed by atoms with Crippen LogP contribution in [0.1, 0.15) is 5.56 Å². The van der Waals surface area contributed by atoms with Crippen molar-refractivity contribution >= 4 is 34.8 Å². The van der Waals surface area contributed by atoms with Gasteiger partial charge in [0.25, 0.3) is 5.91 Å². The molecule has 1 amide bonds. The Bertz CT molecular complexity index is 797. The number of para-hydroxylation sites is 1. The number of halogens is 2. The molecule has 2 rings (SSSR count). The van der Waals surface area contributed by atoms with Crippen LogP contribution in [0.15, 0.2) is 60.3 Å². The van der Waals surface area contributed by atoms with Crippen LogP contribution in [0.3, 0.4) is 0 Å². The minimum absolute atomic E-state index is 0.0333. The third-order valence-corrected chi connectivity index (χ3v) is 3.93. The molecule has 0 atom stereocenters. The Labute approximate surface area is 150 Å². The van der Waals surface area contributed by atoms with Crippen molar-refractivity contribution < 1.29 is 4.79 Å². The molecule has 0 aliphatic carbocycles. The molecule has 0 saturated heterocycles. The number of benzene rings is 2. The van der Waals surface area contributed by atoms with Gasteiger partial charge in [0.2, 0.25) is 0 Å². The van der Waals surface area contributed by atoms with Gasteiger partial charge in [-0.2, -0.15) is 5.26 Å². The number of hydrogen-bond donors (Lipinski definition) is 2. The van der Waals surface area contributed by atoms with E-state index in [9.17, 15) is 4.79 Å². The van der Waals surface area contributed by atoms with E-state index in [4.69, 9.17) is 28.5 Å². The Kier molecular flexibility index (Phi) is 6.68. The highest BCUT2D eigenvalue weighted by Crippen LogP contribution is 2.20. The summed E-state index contributed by atoms with van der Waals surface area (Å²) in [7, 11) is 0. The predicted molar refractivity (Wildman–Crippen MR) is 96.9 cm³/mol. The molecule has 0 aliphatic heterocycles. The molecular weight excluding hydrogens is 345 g/mol. The zero-order chi connectivity index (χ0) is 17.4. The molecule has 2 aromatic carbocycles. The number of nitrogens with zero attached hydrogens (tertiary/aromatic N) is 1. The first-order valence-corrected chi connectivity index (χ1v) is 8.00. The molecule has 0 heterocycles. The first-order valence-electron chi connectivity index (χ1n) is 7.24. The minimum Gasteiger partial charge on any atom is -0.389 e. The van der Waals surface area contributed by atoms with Crippen LogP contribution >= 0.6 is 23.2 Å². The number of amides is 1. The lowest BCUT2D eigenvalue weighted by atomic mass is 10.1. The second-order valence-electron chi connectivity index (χ2n) is 4.90. The van der Waals surface area contributed by atoms with Gasteiger partial charge in [-0.3, -0.25) is 4.79 Å². The maximum Gasteiger partial charge on any atom is 0.267 e. The minimum atomic E-state index is -0.518. The van der Waals surface area contributed by atoms with E-state index < -0.39 is 5.91 Å². The molecule has 2 aromatic rings. The fraction of sp³-hybridized carbons (Fsp3) is 0.111. The van der Waals surface area contributed by atoms with Gasteiger partial charge in [-0.25, -0.2) is 0 Å². The largest absolute Gasteiger partial charge is 0.389 e. The number of hydrogen-bond acceptors (Lipinski definition) is 3. The van der Waals surface area contributed by atoms with Crippen molar-refractivity contribution in [1.82, 2.24) is 5.32 Å². The number of carbonyl (C=O) groups excluding carboxylic acids is 1. The van der Waals surface area contributed by atoms with Crippen LogP contribution in [-0.2, 0) is 11.2 Å². The molecule has 4 nitrogen and oxygen atoms in total. The highest BCUT2D eigenvalue weighted by molar-refractivity contribution is 6.34. The van der Waals surface area contributed by atoms with Crippen molar-refractivity contribution in [3.8, 4) is 6.07 Å². The summed E-state index contributed by atoms with van der Waals surface area (Å²) < 4.78 is 0. The van der Waals surface area contributed by atoms with E-state index in [0.29, 0.717) is 28.7 Å². The van der Waals surface area contributed by atoms with E-state index >= 15 is 0 Å². The van der Waals surface area contributed by atoms with E-state index in [2.05, 4.69) is 10.6 Å². The first-order chi connectivity index (χ1) is 11.6. The molecule has 122 valence electrons. The third-order valence-electron chi connectivity index (χ3n) is 3.23. The Morgan fingerprint density at radius 1 is 1.08 bits per heavy atom. The number of carbonyl (C=O) groups is 1. The second kappa shape index (κ2) is 8.97. The maximum atomic E-state index is 12.1. The number of nitriles is 1. The molecule has 0 unspecified atom stereocenters. The highest BCUT2D eigenvalue weighted by Gasteiger charge is 2.10. The number of anilines is 1. The summed E-state index contributed by atoms with van der Waals surface area (Å²) in [6, 6.07) is 16.2. The van der Waals surface area contributed by atoms with Crippen molar-refractivity contribution in [2.75, 3.05) is 11.9 Å². The van der Waals surface area contributed by atoms with E-state index in [-0.39, 0.29) is 5.57 Å². The Morgan fingerprint density at radius 2 is 1.75 bits per heavy atom. The Hall–Kier alpha value is -2.48. The Morgan fingerprint density at radius 3 is 2.42 bits per heavy atom. The fourth-order valence-corrected chi connectivity index (χ4v) is 2.40. The molecular formula is C18H15Cl2N3O. The lowest BCUT2D eigenvalue weighted by molar-refractivity contribution is -0.112. The summed E-state index contributed by atoms with van der Waals surface area (Å²) in [6.07, 6.45) is 2.07. The SMILES string of the molecule is N#C/C(=C/NCCc1ccccc1Cl)C(=O)Nc1ccccc1Cl. The van der Waals surface area contributed by atoms with Gasteiger partial charge in [0.1, 0.15) is 11.6 Å². The van der Waals surface area contributed by atoms with Crippen LogP contribution in [0.2, 0.25) is 10.0 Å². The van der Waals surface area contributed by atoms with Gasteiger partial charge in [-0.05, 0) is 30.2 Å². The third kappa shape index (κ3) is 5.02. The van der Waals surface area contributed by atoms with Gasteiger partial charge in [0.05, 0.1) is 10.7 Å². The van der Waals surface area contributed by atoms with E-state index in [1.54, 1.807) is 24.3 Å². The van der Waals surface area contributed by atoms with Gasteiger partial charge in [0.15, 0.2) is 0 Å². The molecule has 6 heteroatoms. The smallest absolute Gasteiger partial charge is 0.267 e. The van der Waals surface area contributed by atoms with Crippen molar-refractivity contribution in [2.45, 2.75) is 6.42 Å². The average molecular weight is 360 g/mol. The van der Waals surface area contributed by atoms with Gasteiger partial charge in [-0.15, -0.1) is 0 Å². The highest BCUT2D eigenvalue weighted by atomic mass is 35.5. The van der Waals surface area contributed by atoms with Gasteiger partial charge < -0.3 is 10.6 Å². The number of rotatable bonds is 6. The van der Waals surface area contributed by atoms with Crippen LogP contribution in [0.5, 0.6) is 0 Å². The van der Waals surface area contributed by atoms with Crippen molar-refractivity contribution in [1.29, 1.82) is 5.26 Å². The molecule has 0 aliphatic rings. The molecule has 0 bridgehead atoms. The molecule has 0 radical (unpaired) electrons. The standard InChI is InChI=1S/C18H15Cl2N3O/c19-15-6-2-1-5-13(15)9-10-22-12-14(11-21)18(24)23-17-8-4-3-7-16(17)20/h1-8,12,22H,9-10H2,(H,23,24)/b14-12-. The summed E-state index contributed by atoms with van der Waals surface area (Å²) >= 11 is 12.1. The van der Waals surface area contributed by atoms with Crippen molar-refractivity contribution in [3.05, 3.63) is 75.9 Å². The molecule has 24 heavy (non-hydrogen) atoms. The molecule has 0 aromatic heterocycles. The van der Waals surface area contributed by atoms with Crippen LogP contribution in [0.4, 0.5) is 5.69 Å². The summed E-state index contributed by atoms with van der Waals surface area (Å²) in [4.78, 5) is 12.1. The Balaban J connectivity index is 1.92. The summed E-state index contributed by atoms with van der Waals surface area (Å²) in [5.74, 6) is -0.518. The normalized spacial score (nSPS) is 10.8. The van der Waals surface area contributed by atoms with E-state index in [1.165, 1.54) is 6.20 Å². The number of nitrogens with one attached hydrogen (secondary N) is 2. The molecule has 0 spiro atoms. The zero-order valence-corrected chi connectivity index (χ0v) is 14.2. The fourth-order valence-electron chi connectivity index (χ4n) is 1.98. The van der Waals surface area contributed by atoms with Gasteiger partial charge in [0, 0.05) is 17.8 Å². The van der Waals surface area contributed by atoms with Gasteiger partial charge >= 0.3 is 0 Å². The molecule has 0 fully saturated rings. The first kappa shape index (κ1) is 17.9.